The van der Waals surface area contributed by atoms with Gasteiger partial charge in [-0.1, -0.05) is 36.7 Å². The van der Waals surface area contributed by atoms with E-state index in [0.29, 0.717) is 11.6 Å². The number of hydrogen-bond donors (Lipinski definition) is 1. The second-order valence-corrected chi connectivity index (χ2v) is 6.11. The van der Waals surface area contributed by atoms with Crippen LogP contribution in [0.2, 0.25) is 5.02 Å². The molecule has 1 N–H and O–H groups in total. The number of nitrogens with zero attached hydrogens (tertiary/aromatic N) is 1. The fourth-order valence-corrected chi connectivity index (χ4v) is 2.76. The van der Waals surface area contributed by atoms with Gasteiger partial charge in [-0.25, -0.2) is 0 Å². The zero-order valence-electron chi connectivity index (χ0n) is 12.2. The highest BCUT2D eigenvalue weighted by molar-refractivity contribution is 6.31. The predicted molar refractivity (Wildman–Crippen MR) is 82.7 cm³/mol. The molecule has 1 aliphatic rings. The summed E-state index contributed by atoms with van der Waals surface area (Å²) >= 11 is 6.09. The van der Waals surface area contributed by atoms with Gasteiger partial charge in [0.1, 0.15) is 0 Å². The van der Waals surface area contributed by atoms with E-state index in [-0.39, 0.29) is 11.9 Å². The van der Waals surface area contributed by atoms with E-state index in [2.05, 4.69) is 17.1 Å². The zero-order chi connectivity index (χ0) is 14.5. The molecule has 20 heavy (non-hydrogen) atoms. The molecule has 1 saturated heterocycles. The summed E-state index contributed by atoms with van der Waals surface area (Å²) in [6.07, 6.45) is 2.37. The van der Waals surface area contributed by atoms with Crippen LogP contribution in [0.5, 0.6) is 0 Å². The van der Waals surface area contributed by atoms with Crippen LogP contribution in [0.25, 0.3) is 0 Å². The van der Waals surface area contributed by atoms with E-state index in [0.717, 1.165) is 24.6 Å². The van der Waals surface area contributed by atoms with Crippen LogP contribution in [0.4, 0.5) is 0 Å². The molecule has 1 fully saturated rings. The van der Waals surface area contributed by atoms with Crippen LogP contribution in [0.15, 0.2) is 24.3 Å². The number of halogens is 1. The lowest BCUT2D eigenvalue weighted by atomic mass is 9.98. The van der Waals surface area contributed by atoms with Gasteiger partial charge in [0.15, 0.2) is 0 Å². The minimum absolute atomic E-state index is 0.0648. The van der Waals surface area contributed by atoms with Crippen molar-refractivity contribution in [1.29, 1.82) is 0 Å². The summed E-state index contributed by atoms with van der Waals surface area (Å²) < 4.78 is 0. The Balaban J connectivity index is 1.84. The van der Waals surface area contributed by atoms with Crippen LogP contribution in [-0.2, 0) is 11.3 Å². The molecule has 110 valence electrons. The van der Waals surface area contributed by atoms with Gasteiger partial charge in [0.2, 0.25) is 5.91 Å². The molecule has 0 spiro atoms. The van der Waals surface area contributed by atoms with E-state index in [9.17, 15) is 4.79 Å². The number of carbonyl (C=O) groups excluding carboxylic acids is 1. The van der Waals surface area contributed by atoms with Crippen LogP contribution >= 0.6 is 11.6 Å². The molecule has 1 heterocycles. The molecular weight excluding hydrogens is 272 g/mol. The zero-order valence-corrected chi connectivity index (χ0v) is 13.0. The van der Waals surface area contributed by atoms with E-state index < -0.39 is 0 Å². The van der Waals surface area contributed by atoms with Gasteiger partial charge in [0.05, 0.1) is 6.04 Å². The Labute approximate surface area is 126 Å². The van der Waals surface area contributed by atoms with Crippen molar-refractivity contribution in [2.75, 3.05) is 13.1 Å². The number of likely N-dealkylation sites (tertiary alicyclic amines) is 1. The number of piperidine rings is 1. The van der Waals surface area contributed by atoms with Gasteiger partial charge in [-0.05, 0) is 50.4 Å². The SMILES string of the molecule is CC1CCN([C@H](C)C(=O)NCc2ccccc2Cl)CC1. The van der Waals surface area contributed by atoms with Crippen LogP contribution in [-0.4, -0.2) is 29.9 Å². The topological polar surface area (TPSA) is 32.3 Å². The molecule has 1 aromatic rings. The van der Waals surface area contributed by atoms with Crippen molar-refractivity contribution in [2.24, 2.45) is 5.92 Å². The lowest BCUT2D eigenvalue weighted by Gasteiger charge is -2.34. The molecule has 2 rings (SSSR count). The lowest BCUT2D eigenvalue weighted by molar-refractivity contribution is -0.126. The van der Waals surface area contributed by atoms with Crippen molar-refractivity contribution in [1.82, 2.24) is 10.2 Å². The molecule has 4 heteroatoms. The monoisotopic (exact) mass is 294 g/mol. The first-order chi connectivity index (χ1) is 9.58. The quantitative estimate of drug-likeness (QED) is 0.925. The number of carbonyl (C=O) groups is 1. The van der Waals surface area contributed by atoms with Gasteiger partial charge in [-0.3, -0.25) is 9.69 Å². The number of amides is 1. The first kappa shape index (κ1) is 15.3. The van der Waals surface area contributed by atoms with Gasteiger partial charge in [0.25, 0.3) is 0 Å². The summed E-state index contributed by atoms with van der Waals surface area (Å²) in [6.45, 7) is 6.79. The smallest absolute Gasteiger partial charge is 0.237 e. The molecule has 0 saturated carbocycles. The number of hydrogen-bond acceptors (Lipinski definition) is 2. The van der Waals surface area contributed by atoms with Crippen molar-refractivity contribution in [2.45, 2.75) is 39.3 Å². The molecule has 1 aromatic carbocycles. The van der Waals surface area contributed by atoms with Crippen molar-refractivity contribution < 1.29 is 4.79 Å². The van der Waals surface area contributed by atoms with Gasteiger partial charge >= 0.3 is 0 Å². The molecular formula is C16H23ClN2O. The van der Waals surface area contributed by atoms with Gasteiger partial charge in [-0.2, -0.15) is 0 Å². The fraction of sp³-hybridized carbons (Fsp3) is 0.562. The van der Waals surface area contributed by atoms with Crippen LogP contribution in [0, 0.1) is 5.92 Å². The average molecular weight is 295 g/mol. The molecule has 3 nitrogen and oxygen atoms in total. The fourth-order valence-electron chi connectivity index (χ4n) is 2.55. The van der Waals surface area contributed by atoms with Gasteiger partial charge in [0, 0.05) is 11.6 Å². The molecule has 1 atom stereocenters. The summed E-state index contributed by atoms with van der Waals surface area (Å²) in [5.41, 5.74) is 0.960. The normalized spacial score (nSPS) is 18.8. The Bertz CT molecular complexity index is 456. The van der Waals surface area contributed by atoms with Crippen LogP contribution in [0.3, 0.4) is 0 Å². The number of nitrogens with one attached hydrogen (secondary N) is 1. The second-order valence-electron chi connectivity index (χ2n) is 5.70. The molecule has 0 radical (unpaired) electrons. The summed E-state index contributed by atoms with van der Waals surface area (Å²) in [6, 6.07) is 7.55. The third-order valence-electron chi connectivity index (χ3n) is 4.16. The third kappa shape index (κ3) is 3.97. The van der Waals surface area contributed by atoms with E-state index in [4.69, 9.17) is 11.6 Å². The maximum atomic E-state index is 12.2. The average Bonchev–Trinajstić information content (AvgIpc) is 2.46. The van der Waals surface area contributed by atoms with Crippen LogP contribution in [0.1, 0.15) is 32.3 Å². The predicted octanol–water partition coefficient (Wildman–Crippen LogP) is 3.08. The number of rotatable bonds is 4. The summed E-state index contributed by atoms with van der Waals surface area (Å²) in [5, 5.41) is 3.68. The largest absolute Gasteiger partial charge is 0.351 e. The summed E-state index contributed by atoms with van der Waals surface area (Å²) in [5.74, 6) is 0.865. The minimum atomic E-state index is -0.0648. The molecule has 0 unspecified atom stereocenters. The number of benzene rings is 1. The van der Waals surface area contributed by atoms with E-state index >= 15 is 0 Å². The van der Waals surface area contributed by atoms with Crippen molar-refractivity contribution in [3.8, 4) is 0 Å². The highest BCUT2D eigenvalue weighted by atomic mass is 35.5. The second kappa shape index (κ2) is 7.09. The Kier molecular flexibility index (Phi) is 5.44. The van der Waals surface area contributed by atoms with E-state index in [1.165, 1.54) is 12.8 Å². The minimum Gasteiger partial charge on any atom is -0.351 e. The molecule has 1 amide bonds. The third-order valence-corrected chi connectivity index (χ3v) is 4.53. The lowest BCUT2D eigenvalue weighted by Crippen LogP contribution is -2.47. The Morgan fingerprint density at radius 1 is 1.40 bits per heavy atom. The summed E-state index contributed by atoms with van der Waals surface area (Å²) in [7, 11) is 0. The van der Waals surface area contributed by atoms with Gasteiger partial charge in [-0.15, -0.1) is 0 Å². The molecule has 0 aliphatic carbocycles. The standard InChI is InChI=1S/C16H23ClN2O/c1-12-7-9-19(10-8-12)13(2)16(20)18-11-14-5-3-4-6-15(14)17/h3-6,12-13H,7-11H2,1-2H3,(H,18,20)/t13-/m1/s1. The molecule has 0 bridgehead atoms. The maximum Gasteiger partial charge on any atom is 0.237 e. The highest BCUT2D eigenvalue weighted by Gasteiger charge is 2.24. The van der Waals surface area contributed by atoms with E-state index in [1.807, 2.05) is 31.2 Å². The van der Waals surface area contributed by atoms with Crippen LogP contribution < -0.4 is 5.32 Å². The summed E-state index contributed by atoms with van der Waals surface area (Å²) in [4.78, 5) is 14.5. The Morgan fingerprint density at radius 2 is 2.05 bits per heavy atom. The van der Waals surface area contributed by atoms with Crippen molar-refractivity contribution in [3.63, 3.8) is 0 Å². The molecule has 0 aromatic heterocycles. The maximum absolute atomic E-state index is 12.2. The van der Waals surface area contributed by atoms with Gasteiger partial charge < -0.3 is 5.32 Å². The highest BCUT2D eigenvalue weighted by Crippen LogP contribution is 2.18. The van der Waals surface area contributed by atoms with Crippen molar-refractivity contribution in [3.05, 3.63) is 34.9 Å². The Hall–Kier alpha value is -1.06. The van der Waals surface area contributed by atoms with E-state index in [1.54, 1.807) is 0 Å². The first-order valence-electron chi connectivity index (χ1n) is 7.33. The first-order valence-corrected chi connectivity index (χ1v) is 7.71. The molecule has 1 aliphatic heterocycles. The Morgan fingerprint density at radius 3 is 2.70 bits per heavy atom. The van der Waals surface area contributed by atoms with Crippen molar-refractivity contribution >= 4 is 17.5 Å².